The number of benzene rings is 2. The SMILES string of the molecule is COc1cc2nc3cc4c(cc3c(N)c2cc1OC)[Si](C)(C)O[Si]4(C)C. The Labute approximate surface area is 155 Å². The van der Waals surface area contributed by atoms with Gasteiger partial charge >= 0.3 is 0 Å². The van der Waals surface area contributed by atoms with Crippen LogP contribution in [0, 0.1) is 0 Å². The van der Waals surface area contributed by atoms with Gasteiger partial charge in [-0.05, 0) is 54.8 Å². The van der Waals surface area contributed by atoms with Crippen LogP contribution in [0.15, 0.2) is 24.3 Å². The third-order valence-electron chi connectivity index (χ3n) is 5.27. The van der Waals surface area contributed by atoms with Gasteiger partial charge in [0.2, 0.25) is 16.6 Å². The fraction of sp³-hybridized carbons (Fsp3) is 0.316. The molecule has 0 amide bonds. The van der Waals surface area contributed by atoms with E-state index in [2.05, 4.69) is 38.3 Å². The molecule has 136 valence electrons. The average molecular weight is 385 g/mol. The van der Waals surface area contributed by atoms with Crippen LogP contribution >= 0.6 is 0 Å². The van der Waals surface area contributed by atoms with Crippen molar-refractivity contribution in [3.05, 3.63) is 24.3 Å². The quantitative estimate of drug-likeness (QED) is 0.544. The second-order valence-corrected chi connectivity index (χ2v) is 15.7. The van der Waals surface area contributed by atoms with E-state index in [1.165, 1.54) is 10.4 Å². The normalized spacial score (nSPS) is 17.5. The van der Waals surface area contributed by atoms with E-state index < -0.39 is 16.6 Å². The highest BCUT2D eigenvalue weighted by molar-refractivity contribution is 7.06. The first-order valence-electron chi connectivity index (χ1n) is 8.68. The summed E-state index contributed by atoms with van der Waals surface area (Å²) in [5.41, 5.74) is 9.02. The van der Waals surface area contributed by atoms with Gasteiger partial charge in [-0.2, -0.15) is 0 Å². The van der Waals surface area contributed by atoms with E-state index in [1.807, 2.05) is 12.1 Å². The summed E-state index contributed by atoms with van der Waals surface area (Å²) in [6.45, 7) is 9.05. The Bertz CT molecular complexity index is 1060. The van der Waals surface area contributed by atoms with Gasteiger partial charge in [-0.15, -0.1) is 0 Å². The molecule has 3 aromatic rings. The summed E-state index contributed by atoms with van der Waals surface area (Å²) in [6, 6.07) is 8.21. The number of anilines is 1. The summed E-state index contributed by atoms with van der Waals surface area (Å²) in [4.78, 5) is 4.88. The van der Waals surface area contributed by atoms with Crippen molar-refractivity contribution in [2.45, 2.75) is 26.2 Å². The summed E-state index contributed by atoms with van der Waals surface area (Å²) in [5.74, 6) is 1.31. The second-order valence-electron chi connectivity index (χ2n) is 7.79. The lowest BCUT2D eigenvalue weighted by Gasteiger charge is -2.22. The molecule has 7 heteroatoms. The standard InChI is InChI=1S/C19H24N2O3Si2/c1-22-15-7-11-13(9-16(15)23-2)21-14-10-18-17(8-12(14)19(11)20)25(3,4)24-26(18,5)6/h7-10H,1-6H3,(H2,20,21). The maximum atomic E-state index is 6.57. The van der Waals surface area contributed by atoms with Gasteiger partial charge in [0.15, 0.2) is 11.5 Å². The zero-order chi connectivity index (χ0) is 18.9. The minimum Gasteiger partial charge on any atom is -0.493 e. The minimum absolute atomic E-state index is 0.652. The number of fused-ring (bicyclic) bond motifs is 3. The van der Waals surface area contributed by atoms with Crippen LogP contribution in [0.25, 0.3) is 21.8 Å². The molecule has 0 fully saturated rings. The van der Waals surface area contributed by atoms with Crippen molar-refractivity contribution in [1.29, 1.82) is 0 Å². The van der Waals surface area contributed by atoms with Gasteiger partial charge < -0.3 is 19.3 Å². The predicted octanol–water partition coefficient (Wildman–Crippen LogP) is 2.84. The van der Waals surface area contributed by atoms with Crippen molar-refractivity contribution in [1.82, 2.24) is 4.98 Å². The Kier molecular flexibility index (Phi) is 3.63. The molecular weight excluding hydrogens is 360 g/mol. The smallest absolute Gasteiger partial charge is 0.206 e. The maximum Gasteiger partial charge on any atom is 0.206 e. The maximum absolute atomic E-state index is 6.57. The van der Waals surface area contributed by atoms with Gasteiger partial charge in [0.1, 0.15) is 0 Å². The summed E-state index contributed by atoms with van der Waals surface area (Å²) >= 11 is 0. The molecule has 2 N–H and O–H groups in total. The van der Waals surface area contributed by atoms with Crippen LogP contribution in [0.4, 0.5) is 5.69 Å². The third kappa shape index (κ3) is 2.34. The fourth-order valence-electron chi connectivity index (χ4n) is 4.09. The Hall–Kier alpha value is -2.10. The highest BCUT2D eigenvalue weighted by atomic mass is 28.4. The van der Waals surface area contributed by atoms with Crippen LogP contribution in [0.2, 0.25) is 26.2 Å². The van der Waals surface area contributed by atoms with E-state index in [1.54, 1.807) is 14.2 Å². The Morgan fingerprint density at radius 2 is 1.31 bits per heavy atom. The number of aromatic nitrogens is 1. The fourth-order valence-corrected chi connectivity index (χ4v) is 14.3. The summed E-state index contributed by atoms with van der Waals surface area (Å²) in [7, 11) is -0.549. The molecule has 2 aromatic carbocycles. The number of nitrogen functional groups attached to an aromatic ring is 1. The first kappa shape index (κ1) is 17.3. The van der Waals surface area contributed by atoms with Crippen LogP contribution in [-0.4, -0.2) is 35.8 Å². The molecule has 26 heavy (non-hydrogen) atoms. The summed E-state index contributed by atoms with van der Waals surface area (Å²) in [6.07, 6.45) is 0. The van der Waals surface area contributed by atoms with E-state index in [9.17, 15) is 0 Å². The van der Waals surface area contributed by atoms with Crippen molar-refractivity contribution in [2.75, 3.05) is 20.0 Å². The molecule has 0 unspecified atom stereocenters. The van der Waals surface area contributed by atoms with Gasteiger partial charge in [0, 0.05) is 16.8 Å². The largest absolute Gasteiger partial charge is 0.493 e. The first-order valence-corrected chi connectivity index (χ1v) is 14.5. The van der Waals surface area contributed by atoms with Crippen molar-refractivity contribution in [3.63, 3.8) is 0 Å². The molecule has 1 aromatic heterocycles. The lowest BCUT2D eigenvalue weighted by molar-refractivity contribution is 0.356. The molecule has 0 saturated heterocycles. The van der Waals surface area contributed by atoms with E-state index in [0.717, 1.165) is 27.5 Å². The molecule has 0 spiro atoms. The van der Waals surface area contributed by atoms with Crippen LogP contribution in [0.5, 0.6) is 11.5 Å². The molecule has 4 rings (SSSR count). The number of hydrogen-bond acceptors (Lipinski definition) is 5. The highest BCUT2D eigenvalue weighted by Gasteiger charge is 2.46. The lowest BCUT2D eigenvalue weighted by atomic mass is 10.1. The van der Waals surface area contributed by atoms with Crippen LogP contribution in [-0.2, 0) is 4.12 Å². The van der Waals surface area contributed by atoms with E-state index in [0.29, 0.717) is 11.5 Å². The molecule has 5 nitrogen and oxygen atoms in total. The number of nitrogens with two attached hydrogens (primary N) is 1. The van der Waals surface area contributed by atoms with Crippen molar-refractivity contribution < 1.29 is 13.6 Å². The highest BCUT2D eigenvalue weighted by Crippen LogP contribution is 2.37. The first-order chi connectivity index (χ1) is 12.2. The van der Waals surface area contributed by atoms with Gasteiger partial charge in [0.05, 0.1) is 30.9 Å². The van der Waals surface area contributed by atoms with Gasteiger partial charge in [-0.3, -0.25) is 0 Å². The molecule has 0 radical (unpaired) electrons. The molecule has 0 aliphatic carbocycles. The number of rotatable bonds is 2. The number of hydrogen-bond donors (Lipinski definition) is 1. The van der Waals surface area contributed by atoms with Crippen molar-refractivity contribution in [3.8, 4) is 11.5 Å². The molecule has 0 saturated carbocycles. The molecule has 1 aliphatic heterocycles. The van der Waals surface area contributed by atoms with Crippen molar-refractivity contribution >= 4 is 54.5 Å². The van der Waals surface area contributed by atoms with Crippen LogP contribution in [0.3, 0.4) is 0 Å². The third-order valence-corrected chi connectivity index (χ3v) is 13.0. The van der Waals surface area contributed by atoms with Crippen molar-refractivity contribution in [2.24, 2.45) is 0 Å². The van der Waals surface area contributed by atoms with E-state index in [-0.39, 0.29) is 0 Å². The topological polar surface area (TPSA) is 66.6 Å². The Morgan fingerprint density at radius 3 is 1.92 bits per heavy atom. The van der Waals surface area contributed by atoms with Gasteiger partial charge in [-0.1, -0.05) is 0 Å². The van der Waals surface area contributed by atoms with E-state index >= 15 is 0 Å². The molecule has 2 heterocycles. The van der Waals surface area contributed by atoms with Gasteiger partial charge in [0.25, 0.3) is 0 Å². The zero-order valence-electron chi connectivity index (χ0n) is 16.1. The number of pyridine rings is 1. The van der Waals surface area contributed by atoms with Crippen LogP contribution in [0.1, 0.15) is 0 Å². The lowest BCUT2D eigenvalue weighted by Crippen LogP contribution is -2.44. The molecule has 0 atom stereocenters. The average Bonchev–Trinajstić information content (AvgIpc) is 2.76. The second kappa shape index (κ2) is 5.45. The Balaban J connectivity index is 2.09. The van der Waals surface area contributed by atoms with Crippen LogP contribution < -0.4 is 25.6 Å². The zero-order valence-corrected chi connectivity index (χ0v) is 18.1. The molecule has 0 bridgehead atoms. The monoisotopic (exact) mass is 384 g/mol. The van der Waals surface area contributed by atoms with E-state index in [4.69, 9.17) is 24.3 Å². The Morgan fingerprint density at radius 1 is 0.808 bits per heavy atom. The molecule has 1 aliphatic rings. The number of methoxy groups -OCH3 is 2. The van der Waals surface area contributed by atoms with Gasteiger partial charge in [-0.25, -0.2) is 4.98 Å². The minimum atomic E-state index is -1.90. The molecular formula is C19H24N2O3Si2. The summed E-state index contributed by atoms with van der Waals surface area (Å²) < 4.78 is 17.4. The number of nitrogens with zero attached hydrogens (tertiary/aromatic N) is 1. The predicted molar refractivity (Wildman–Crippen MR) is 112 cm³/mol. The summed E-state index contributed by atoms with van der Waals surface area (Å²) in [5, 5.41) is 4.58. The number of ether oxygens (including phenoxy) is 2.